The van der Waals surface area contributed by atoms with Gasteiger partial charge in [-0.3, -0.25) is 41.2 Å². The van der Waals surface area contributed by atoms with Crippen LogP contribution in [0.4, 0.5) is 0 Å². The zero-order valence-electron chi connectivity index (χ0n) is 19.9. The van der Waals surface area contributed by atoms with Crippen LogP contribution in [0.15, 0.2) is 0 Å². The van der Waals surface area contributed by atoms with Crippen LogP contribution in [0.1, 0.15) is 25.7 Å². The smallest absolute Gasteiger partial charge is 1.00 e. The maximum Gasteiger partial charge on any atom is -1.00 e. The summed E-state index contributed by atoms with van der Waals surface area (Å²) in [6.45, 7) is 8.71. The molecule has 4 aliphatic heterocycles. The van der Waals surface area contributed by atoms with Crippen molar-refractivity contribution in [1.82, 2.24) is 21.3 Å². The Morgan fingerprint density at radius 1 is 0.447 bits per heavy atom. The molecular formula is C16H32ClI9N8S4. The minimum atomic E-state index is 0. The van der Waals surface area contributed by atoms with Crippen LogP contribution in [-0.2, 0) is 0 Å². The van der Waals surface area contributed by atoms with Crippen molar-refractivity contribution in [2.75, 3.05) is 52.4 Å². The molecule has 0 aromatic carbocycles. The molecule has 4 rings (SSSR count). The first-order valence-electron chi connectivity index (χ1n) is 10.8. The van der Waals surface area contributed by atoms with Crippen molar-refractivity contribution >= 4 is 176 Å². The Morgan fingerprint density at radius 2 is 0.632 bits per heavy atom. The molecule has 0 amide bonds. The molecule has 38 heavy (non-hydrogen) atoms. The van der Waals surface area contributed by atoms with Gasteiger partial charge in [-0.25, -0.2) is 0 Å². The standard InChI is InChI=1S/2C8H14N4S2.ClH.3I3/c2*1-3-9-7(10-4-1)13-14-8-11-5-2-6-12-8;;3*1-3-2/h2*1-6H2,(H,9,10)(H,11,12);1H;;;/q;;;3*-1/p+3. The second-order valence-electron chi connectivity index (χ2n) is 6.64. The van der Waals surface area contributed by atoms with Crippen molar-refractivity contribution in [3.05, 3.63) is 0 Å². The van der Waals surface area contributed by atoms with Gasteiger partial charge in [-0.15, -0.1) is 0 Å². The monoisotopic (exact) mass is 1640 g/mol. The molecule has 0 aromatic heterocycles. The third-order valence-electron chi connectivity index (χ3n) is 4.12. The molecule has 8 nitrogen and oxygen atoms in total. The van der Waals surface area contributed by atoms with E-state index >= 15 is 0 Å². The van der Waals surface area contributed by atoms with Crippen LogP contribution >= 0.6 is 155 Å². The minimum Gasteiger partial charge on any atom is -1.00 e. The molecule has 0 aliphatic carbocycles. The molecule has 0 radical (unpaired) electrons. The van der Waals surface area contributed by atoms with Gasteiger partial charge >= 0.3 is 172 Å². The summed E-state index contributed by atoms with van der Waals surface area (Å²) in [7, 11) is 7.01. The van der Waals surface area contributed by atoms with Gasteiger partial charge in [0.25, 0.3) is 0 Å². The number of amidine groups is 4. The van der Waals surface area contributed by atoms with Gasteiger partial charge in [0.05, 0.1) is 52.4 Å². The van der Waals surface area contributed by atoms with E-state index in [9.17, 15) is 0 Å². The first kappa shape index (κ1) is 46.3. The van der Waals surface area contributed by atoms with E-state index in [-0.39, 0.29) is 12.4 Å². The number of hydrogen-bond donors (Lipinski definition) is 8. The van der Waals surface area contributed by atoms with Crippen molar-refractivity contribution in [3.8, 4) is 0 Å². The van der Waals surface area contributed by atoms with Crippen LogP contribution < -0.4 is 93.4 Å². The van der Waals surface area contributed by atoms with Crippen LogP contribution in [0.2, 0.25) is 0 Å². The quantitative estimate of drug-likeness (QED) is 0.0897. The van der Waals surface area contributed by atoms with Gasteiger partial charge in [0.15, 0.2) is 0 Å². The number of nitrogens with one attached hydrogen (secondary N) is 8. The zero-order valence-corrected chi connectivity index (χ0v) is 43.3. The van der Waals surface area contributed by atoms with Crippen LogP contribution in [-0.4, -0.2) is 73.0 Å². The molecule has 8 N–H and O–H groups in total. The number of halogens is 10. The summed E-state index contributed by atoms with van der Waals surface area (Å²) >= 11 is 15.9. The molecule has 0 saturated heterocycles. The normalized spacial score (nSPS) is 17.7. The topological polar surface area (TPSA) is 104 Å². The van der Waals surface area contributed by atoms with E-state index in [1.807, 2.05) is 0 Å². The van der Waals surface area contributed by atoms with Gasteiger partial charge in [-0.2, -0.15) is 0 Å². The van der Waals surface area contributed by atoms with Crippen LogP contribution in [0.25, 0.3) is 0 Å². The SMILES string of the molecule is C1CNC(SSC2=[NH+]CCCN2)=[NH+]C1.C1CNC(SSC2=[NH+]CCCN2)=[NH+]C1.I[I-]I.I[I-]I.I[I-]I.[Cl-]. The first-order valence-corrected chi connectivity index (χ1v) is 52.8. The molecular weight excluding hydrogens is 1610 g/mol. The van der Waals surface area contributed by atoms with Gasteiger partial charge in [0.1, 0.15) is 0 Å². The fraction of sp³-hybridized carbons (Fsp3) is 0.750. The van der Waals surface area contributed by atoms with E-state index < -0.39 is 0 Å². The Bertz CT molecular complexity index is 578. The molecule has 0 aromatic rings. The Balaban J connectivity index is 0. The number of hydrogen-bond acceptors (Lipinski definition) is 8. The second-order valence-corrected chi connectivity index (χ2v) is 59.7. The minimum absolute atomic E-state index is 0. The van der Waals surface area contributed by atoms with E-state index in [0.717, 1.165) is 52.4 Å². The Kier molecular flexibility index (Phi) is 45.8. The third-order valence-corrected chi connectivity index (χ3v) is 8.60. The van der Waals surface area contributed by atoms with Crippen molar-refractivity contribution in [2.24, 2.45) is 0 Å². The summed E-state index contributed by atoms with van der Waals surface area (Å²) in [5.74, 6) is 0. The van der Waals surface area contributed by atoms with E-state index in [1.165, 1.54) is 46.4 Å². The maximum atomic E-state index is 3.34. The largest absolute Gasteiger partial charge is 1.00 e. The second kappa shape index (κ2) is 37.6. The predicted octanol–water partition coefficient (Wildman–Crippen LogP) is -12.2. The molecule has 0 saturated carbocycles. The van der Waals surface area contributed by atoms with Crippen molar-refractivity contribution in [1.29, 1.82) is 0 Å². The van der Waals surface area contributed by atoms with Gasteiger partial charge in [0, 0.05) is 68.9 Å². The van der Waals surface area contributed by atoms with E-state index in [1.54, 1.807) is 43.2 Å². The summed E-state index contributed by atoms with van der Waals surface area (Å²) < 4.78 is 0. The molecule has 0 unspecified atom stereocenters. The van der Waals surface area contributed by atoms with Gasteiger partial charge in [-0.1, -0.05) is 0 Å². The average Bonchev–Trinajstić information content (AvgIpc) is 2.95. The molecule has 230 valence electrons. The summed E-state index contributed by atoms with van der Waals surface area (Å²) in [6.07, 6.45) is 4.84. The van der Waals surface area contributed by atoms with Crippen LogP contribution in [0.5, 0.6) is 0 Å². The Morgan fingerprint density at radius 3 is 0.763 bits per heavy atom. The van der Waals surface area contributed by atoms with E-state index in [4.69, 9.17) is 0 Å². The molecule has 0 spiro atoms. The van der Waals surface area contributed by atoms with Crippen LogP contribution in [0.3, 0.4) is 0 Å². The van der Waals surface area contributed by atoms with Crippen molar-refractivity contribution < 1.29 is 72.1 Å². The summed E-state index contributed by atoms with van der Waals surface area (Å²) in [5.41, 5.74) is 0. The summed E-state index contributed by atoms with van der Waals surface area (Å²) in [6, 6.07) is 0. The van der Waals surface area contributed by atoms with Gasteiger partial charge in [-0.05, 0) is 0 Å². The van der Waals surface area contributed by atoms with Gasteiger partial charge < -0.3 is 12.4 Å². The molecule has 22 heteroatoms. The fourth-order valence-electron chi connectivity index (χ4n) is 2.62. The Hall–Kier alpha value is 6.14. The maximum absolute atomic E-state index is 3.34. The predicted molar refractivity (Wildman–Crippen MR) is 208 cm³/mol. The molecule has 4 heterocycles. The van der Waals surface area contributed by atoms with Crippen LogP contribution in [0, 0.1) is 0 Å². The van der Waals surface area contributed by atoms with E-state index in [2.05, 4.69) is 153 Å². The first-order chi connectivity index (χ1) is 18.1. The fourth-order valence-corrected chi connectivity index (χ4v) is 6.66. The number of rotatable bonds is 0. The molecule has 0 bridgehead atoms. The third kappa shape index (κ3) is 30.8. The molecule has 4 aliphatic rings. The summed E-state index contributed by atoms with van der Waals surface area (Å²) in [4.78, 5) is 13.3. The van der Waals surface area contributed by atoms with Crippen molar-refractivity contribution in [3.63, 3.8) is 0 Å². The molecule has 0 fully saturated rings. The molecule has 0 atom stereocenters. The Labute approximate surface area is 338 Å². The zero-order chi connectivity index (χ0) is 27.4. The van der Waals surface area contributed by atoms with Crippen molar-refractivity contribution in [2.45, 2.75) is 25.7 Å². The van der Waals surface area contributed by atoms with E-state index in [0.29, 0.717) is 39.8 Å². The van der Waals surface area contributed by atoms with Gasteiger partial charge in [0.2, 0.25) is 0 Å². The summed E-state index contributed by atoms with van der Waals surface area (Å²) in [5, 5.41) is 18.1. The average molecular weight is 1640 g/mol.